The summed E-state index contributed by atoms with van der Waals surface area (Å²) in [5.41, 5.74) is 7.52. The van der Waals surface area contributed by atoms with Crippen LogP contribution in [-0.4, -0.2) is 4.98 Å². The molecule has 0 amide bonds. The minimum Gasteiger partial charge on any atom is -0.256 e. The van der Waals surface area contributed by atoms with Crippen molar-refractivity contribution in [1.82, 2.24) is 4.98 Å². The maximum atomic E-state index is 14.2. The van der Waals surface area contributed by atoms with Crippen LogP contribution < -0.4 is 0 Å². The molecule has 0 aliphatic heterocycles. The number of hydrogen-bond acceptors (Lipinski definition) is 1. The number of halogens is 1. The summed E-state index contributed by atoms with van der Waals surface area (Å²) in [6.45, 7) is 0. The molecule has 0 fully saturated rings. The third-order valence-corrected chi connectivity index (χ3v) is 6.10. The van der Waals surface area contributed by atoms with Gasteiger partial charge in [0.1, 0.15) is 5.82 Å². The summed E-state index contributed by atoms with van der Waals surface area (Å²) < 4.78 is 14.2. The normalized spacial score (nSPS) is 12.7. The Balaban J connectivity index is 1.56. The van der Waals surface area contributed by atoms with E-state index in [-0.39, 0.29) is 5.82 Å². The molecule has 0 radical (unpaired) electrons. The SMILES string of the molecule is Fc1cccc2c1ccc1c(-c3ccc4c(c3)CCc3ccccc3-4)nccc12. The highest BCUT2D eigenvalue weighted by Gasteiger charge is 2.17. The van der Waals surface area contributed by atoms with Crippen molar-refractivity contribution in [2.75, 3.05) is 0 Å². The fourth-order valence-corrected chi connectivity index (χ4v) is 4.70. The second-order valence-electron chi connectivity index (χ2n) is 7.68. The summed E-state index contributed by atoms with van der Waals surface area (Å²) in [6, 6.07) is 26.4. The fourth-order valence-electron chi connectivity index (χ4n) is 4.70. The molecule has 1 aromatic heterocycles. The Morgan fingerprint density at radius 3 is 2.38 bits per heavy atom. The Morgan fingerprint density at radius 2 is 1.41 bits per heavy atom. The Labute approximate surface area is 168 Å². The molecule has 138 valence electrons. The standard InChI is InChI=1S/C27H18FN/c28-26-7-3-6-22-23-14-15-29-27(25(23)13-12-24(22)26)19-10-11-21-18(16-19)9-8-17-4-1-2-5-20(17)21/h1-7,10-16H,8-9H2. The minimum absolute atomic E-state index is 0.185. The van der Waals surface area contributed by atoms with Crippen LogP contribution in [0.15, 0.2) is 85.1 Å². The van der Waals surface area contributed by atoms with Gasteiger partial charge in [-0.2, -0.15) is 0 Å². The highest BCUT2D eigenvalue weighted by Crippen LogP contribution is 2.37. The Kier molecular flexibility index (Phi) is 3.54. The van der Waals surface area contributed by atoms with E-state index in [1.54, 1.807) is 6.07 Å². The maximum absolute atomic E-state index is 14.2. The lowest BCUT2D eigenvalue weighted by molar-refractivity contribution is 0.640. The number of aromatic nitrogens is 1. The van der Waals surface area contributed by atoms with Crippen LogP contribution in [0.4, 0.5) is 4.39 Å². The largest absolute Gasteiger partial charge is 0.256 e. The summed E-state index contributed by atoms with van der Waals surface area (Å²) in [5, 5.41) is 3.68. The Morgan fingerprint density at radius 1 is 0.621 bits per heavy atom. The molecule has 1 heterocycles. The summed E-state index contributed by atoms with van der Waals surface area (Å²) in [7, 11) is 0. The first-order valence-corrected chi connectivity index (χ1v) is 9.97. The molecule has 0 spiro atoms. The summed E-state index contributed by atoms with van der Waals surface area (Å²) in [4.78, 5) is 4.71. The molecular formula is C27H18FN. The van der Waals surface area contributed by atoms with Gasteiger partial charge in [-0.25, -0.2) is 4.39 Å². The molecule has 0 unspecified atom stereocenters. The van der Waals surface area contributed by atoms with E-state index in [0.717, 1.165) is 40.3 Å². The van der Waals surface area contributed by atoms with E-state index in [4.69, 9.17) is 4.98 Å². The zero-order chi connectivity index (χ0) is 19.4. The predicted molar refractivity (Wildman–Crippen MR) is 117 cm³/mol. The number of aryl methyl sites for hydroxylation is 2. The molecule has 0 saturated heterocycles. The molecule has 0 bridgehead atoms. The van der Waals surface area contributed by atoms with Crippen LogP contribution in [-0.2, 0) is 12.8 Å². The van der Waals surface area contributed by atoms with Gasteiger partial charge < -0.3 is 0 Å². The second-order valence-corrected chi connectivity index (χ2v) is 7.68. The van der Waals surface area contributed by atoms with Crippen molar-refractivity contribution in [3.05, 3.63) is 102 Å². The van der Waals surface area contributed by atoms with Gasteiger partial charge in [0.15, 0.2) is 0 Å². The van der Waals surface area contributed by atoms with Crippen molar-refractivity contribution in [3.8, 4) is 22.4 Å². The Bertz CT molecular complexity index is 1420. The maximum Gasteiger partial charge on any atom is 0.131 e. The van der Waals surface area contributed by atoms with E-state index < -0.39 is 0 Å². The van der Waals surface area contributed by atoms with Crippen molar-refractivity contribution in [3.63, 3.8) is 0 Å². The van der Waals surface area contributed by atoms with Gasteiger partial charge in [0.2, 0.25) is 0 Å². The molecule has 6 rings (SSSR count). The highest BCUT2D eigenvalue weighted by atomic mass is 19.1. The molecule has 1 aliphatic carbocycles. The lowest BCUT2D eigenvalue weighted by Crippen LogP contribution is -2.04. The van der Waals surface area contributed by atoms with Crippen LogP contribution in [0, 0.1) is 5.82 Å². The second kappa shape index (κ2) is 6.25. The van der Waals surface area contributed by atoms with Crippen molar-refractivity contribution < 1.29 is 4.39 Å². The van der Waals surface area contributed by atoms with Crippen LogP contribution in [0.3, 0.4) is 0 Å². The first-order chi connectivity index (χ1) is 14.3. The van der Waals surface area contributed by atoms with Gasteiger partial charge in [-0.15, -0.1) is 0 Å². The molecular weight excluding hydrogens is 357 g/mol. The monoisotopic (exact) mass is 375 g/mol. The lowest BCUT2D eigenvalue weighted by Gasteiger charge is -2.20. The third kappa shape index (κ3) is 2.49. The minimum atomic E-state index is -0.185. The lowest BCUT2D eigenvalue weighted by atomic mass is 9.84. The molecule has 0 atom stereocenters. The van der Waals surface area contributed by atoms with E-state index in [2.05, 4.69) is 42.5 Å². The average Bonchev–Trinajstić information content (AvgIpc) is 2.78. The van der Waals surface area contributed by atoms with Crippen molar-refractivity contribution >= 4 is 21.5 Å². The molecule has 1 nitrogen and oxygen atoms in total. The molecule has 0 N–H and O–H groups in total. The van der Waals surface area contributed by atoms with Gasteiger partial charge in [-0.3, -0.25) is 4.98 Å². The smallest absolute Gasteiger partial charge is 0.131 e. The van der Waals surface area contributed by atoms with Crippen LogP contribution in [0.2, 0.25) is 0 Å². The summed E-state index contributed by atoms with van der Waals surface area (Å²) >= 11 is 0. The first-order valence-electron chi connectivity index (χ1n) is 9.97. The van der Waals surface area contributed by atoms with Crippen molar-refractivity contribution in [2.24, 2.45) is 0 Å². The summed E-state index contributed by atoms with van der Waals surface area (Å²) in [6.07, 6.45) is 3.94. The molecule has 2 heteroatoms. The van der Waals surface area contributed by atoms with Gasteiger partial charge >= 0.3 is 0 Å². The van der Waals surface area contributed by atoms with E-state index in [0.29, 0.717) is 5.39 Å². The van der Waals surface area contributed by atoms with Crippen LogP contribution in [0.25, 0.3) is 43.9 Å². The predicted octanol–water partition coefficient (Wildman–Crippen LogP) is 6.96. The molecule has 5 aromatic rings. The molecule has 4 aromatic carbocycles. The number of fused-ring (bicyclic) bond motifs is 6. The van der Waals surface area contributed by atoms with Gasteiger partial charge in [0, 0.05) is 22.5 Å². The molecule has 1 aliphatic rings. The van der Waals surface area contributed by atoms with Crippen LogP contribution in [0.1, 0.15) is 11.1 Å². The number of benzene rings is 4. The van der Waals surface area contributed by atoms with E-state index in [1.807, 2.05) is 30.5 Å². The van der Waals surface area contributed by atoms with Gasteiger partial charge in [0.05, 0.1) is 5.69 Å². The zero-order valence-electron chi connectivity index (χ0n) is 15.8. The molecule has 0 saturated carbocycles. The topological polar surface area (TPSA) is 12.9 Å². The van der Waals surface area contributed by atoms with E-state index in [1.165, 1.54) is 28.3 Å². The zero-order valence-corrected chi connectivity index (χ0v) is 15.8. The molecule has 29 heavy (non-hydrogen) atoms. The highest BCUT2D eigenvalue weighted by molar-refractivity contribution is 6.11. The third-order valence-electron chi connectivity index (χ3n) is 6.10. The van der Waals surface area contributed by atoms with Crippen LogP contribution in [0.5, 0.6) is 0 Å². The fraction of sp³-hybridized carbons (Fsp3) is 0.0741. The number of pyridine rings is 1. The summed E-state index contributed by atoms with van der Waals surface area (Å²) in [5.74, 6) is -0.185. The number of rotatable bonds is 1. The van der Waals surface area contributed by atoms with Crippen molar-refractivity contribution in [1.29, 1.82) is 0 Å². The van der Waals surface area contributed by atoms with Crippen molar-refractivity contribution in [2.45, 2.75) is 12.8 Å². The van der Waals surface area contributed by atoms with Gasteiger partial charge in [-0.05, 0) is 64.1 Å². The van der Waals surface area contributed by atoms with Crippen LogP contribution >= 0.6 is 0 Å². The number of nitrogens with zero attached hydrogens (tertiary/aromatic N) is 1. The average molecular weight is 375 g/mol. The first kappa shape index (κ1) is 16.4. The van der Waals surface area contributed by atoms with Gasteiger partial charge in [0.25, 0.3) is 0 Å². The quantitative estimate of drug-likeness (QED) is 0.289. The number of hydrogen-bond donors (Lipinski definition) is 0. The van der Waals surface area contributed by atoms with Gasteiger partial charge in [-0.1, -0.05) is 60.7 Å². The van der Waals surface area contributed by atoms with E-state index >= 15 is 0 Å². The Hall–Kier alpha value is -3.52. The van der Waals surface area contributed by atoms with E-state index in [9.17, 15) is 4.39 Å².